The number of thioether (sulfide) groups is 1. The number of sulfonamides is 1. The van der Waals surface area contributed by atoms with Gasteiger partial charge in [-0.2, -0.15) is 0 Å². The number of nitrogens with one attached hydrogen (secondary N) is 2. The van der Waals surface area contributed by atoms with Crippen LogP contribution in [-0.4, -0.2) is 67.9 Å². The SMILES string of the molecule is COc1ccc(-c2nc(SCC(=O)Nc3cccc(S(=O)(=O)N(C)C)c3)n[nH]2)c(OC)c1. The Bertz CT molecular complexity index is 1210. The molecule has 1 amide bonds. The number of carbonyl (C=O) groups excluding carboxylic acids is 1. The van der Waals surface area contributed by atoms with Crippen LogP contribution >= 0.6 is 11.8 Å². The number of hydrogen-bond donors (Lipinski definition) is 2. The van der Waals surface area contributed by atoms with E-state index in [4.69, 9.17) is 9.47 Å². The average Bonchev–Trinajstić information content (AvgIpc) is 3.26. The lowest BCUT2D eigenvalue weighted by molar-refractivity contribution is -0.113. The average molecular weight is 478 g/mol. The number of benzene rings is 2. The molecule has 2 N–H and O–H groups in total. The Morgan fingerprint density at radius 3 is 2.62 bits per heavy atom. The summed E-state index contributed by atoms with van der Waals surface area (Å²) in [5.74, 6) is 1.44. The zero-order valence-corrected chi connectivity index (χ0v) is 19.6. The molecule has 3 rings (SSSR count). The molecule has 1 heterocycles. The summed E-state index contributed by atoms with van der Waals surface area (Å²) in [5.41, 5.74) is 1.09. The van der Waals surface area contributed by atoms with Gasteiger partial charge >= 0.3 is 0 Å². The quantitative estimate of drug-likeness (QED) is 0.450. The highest BCUT2D eigenvalue weighted by atomic mass is 32.2. The summed E-state index contributed by atoms with van der Waals surface area (Å²) in [6, 6.07) is 11.4. The highest BCUT2D eigenvalue weighted by Crippen LogP contribution is 2.32. The van der Waals surface area contributed by atoms with Gasteiger partial charge in [0.15, 0.2) is 5.82 Å². The maximum absolute atomic E-state index is 12.3. The molecule has 0 aliphatic rings. The van der Waals surface area contributed by atoms with Crippen molar-refractivity contribution in [3.8, 4) is 22.9 Å². The minimum atomic E-state index is -3.59. The topological polar surface area (TPSA) is 127 Å². The molecule has 2 aromatic carbocycles. The number of nitrogens with zero attached hydrogens (tertiary/aromatic N) is 3. The Hall–Kier alpha value is -3.09. The zero-order chi connectivity index (χ0) is 23.3. The summed E-state index contributed by atoms with van der Waals surface area (Å²) < 4.78 is 36.2. The maximum Gasteiger partial charge on any atom is 0.242 e. The number of carbonyl (C=O) groups is 1. The van der Waals surface area contributed by atoms with Gasteiger partial charge in [-0.1, -0.05) is 17.8 Å². The van der Waals surface area contributed by atoms with Gasteiger partial charge in [0.1, 0.15) is 11.5 Å². The second-order valence-electron chi connectivity index (χ2n) is 6.68. The lowest BCUT2D eigenvalue weighted by Crippen LogP contribution is -2.22. The molecule has 0 bridgehead atoms. The van der Waals surface area contributed by atoms with E-state index in [-0.39, 0.29) is 16.6 Å². The number of rotatable bonds is 9. The van der Waals surface area contributed by atoms with E-state index in [9.17, 15) is 13.2 Å². The number of H-pyrrole nitrogens is 1. The first-order valence-corrected chi connectivity index (χ1v) is 11.8. The Labute approximate surface area is 190 Å². The molecule has 0 spiro atoms. The first kappa shape index (κ1) is 23.6. The van der Waals surface area contributed by atoms with Crippen LogP contribution in [0.25, 0.3) is 11.4 Å². The largest absolute Gasteiger partial charge is 0.497 e. The Morgan fingerprint density at radius 2 is 1.94 bits per heavy atom. The zero-order valence-electron chi connectivity index (χ0n) is 17.9. The minimum absolute atomic E-state index is 0.0434. The van der Waals surface area contributed by atoms with Gasteiger partial charge in [0.25, 0.3) is 0 Å². The van der Waals surface area contributed by atoms with Crippen LogP contribution in [-0.2, 0) is 14.8 Å². The number of aromatic nitrogens is 3. The fourth-order valence-electron chi connectivity index (χ4n) is 2.70. The molecule has 32 heavy (non-hydrogen) atoms. The van der Waals surface area contributed by atoms with Gasteiger partial charge in [-0.3, -0.25) is 9.89 Å². The van der Waals surface area contributed by atoms with Gasteiger partial charge in [-0.25, -0.2) is 17.7 Å². The number of anilines is 1. The lowest BCUT2D eigenvalue weighted by atomic mass is 10.2. The van der Waals surface area contributed by atoms with E-state index in [1.54, 1.807) is 44.6 Å². The van der Waals surface area contributed by atoms with Gasteiger partial charge in [0, 0.05) is 25.8 Å². The molecule has 0 radical (unpaired) electrons. The first-order valence-electron chi connectivity index (χ1n) is 9.34. The maximum atomic E-state index is 12.3. The molecule has 0 aliphatic carbocycles. The second kappa shape index (κ2) is 10.0. The van der Waals surface area contributed by atoms with Crippen molar-refractivity contribution in [1.82, 2.24) is 19.5 Å². The molecule has 0 unspecified atom stereocenters. The summed E-state index contributed by atoms with van der Waals surface area (Å²) in [5, 5.41) is 10.0. The lowest BCUT2D eigenvalue weighted by Gasteiger charge is -2.12. The summed E-state index contributed by atoms with van der Waals surface area (Å²) in [6.07, 6.45) is 0. The van der Waals surface area contributed by atoms with Crippen LogP contribution in [0.3, 0.4) is 0 Å². The van der Waals surface area contributed by atoms with E-state index in [1.165, 1.54) is 26.2 Å². The van der Waals surface area contributed by atoms with Crippen molar-refractivity contribution in [2.24, 2.45) is 0 Å². The smallest absolute Gasteiger partial charge is 0.242 e. The third kappa shape index (κ3) is 5.39. The molecule has 0 atom stereocenters. The molecular formula is C20H23N5O5S2. The van der Waals surface area contributed by atoms with Crippen LogP contribution in [0.15, 0.2) is 52.5 Å². The summed E-state index contributed by atoms with van der Waals surface area (Å²) >= 11 is 1.14. The van der Waals surface area contributed by atoms with Crippen molar-refractivity contribution >= 4 is 33.4 Å². The second-order valence-corrected chi connectivity index (χ2v) is 9.78. The Kier molecular flexibility index (Phi) is 7.38. The van der Waals surface area contributed by atoms with Gasteiger partial charge in [-0.05, 0) is 30.3 Å². The molecule has 0 aliphatic heterocycles. The molecule has 0 fully saturated rings. The monoisotopic (exact) mass is 477 g/mol. The molecule has 10 nitrogen and oxygen atoms in total. The third-order valence-corrected chi connectivity index (χ3v) is 7.02. The van der Waals surface area contributed by atoms with Gasteiger partial charge < -0.3 is 14.8 Å². The van der Waals surface area contributed by atoms with Crippen molar-refractivity contribution in [1.29, 1.82) is 0 Å². The van der Waals surface area contributed by atoms with Crippen LogP contribution in [0.1, 0.15) is 0 Å². The number of ether oxygens (including phenoxy) is 2. The molecule has 0 saturated heterocycles. The summed E-state index contributed by atoms with van der Waals surface area (Å²) in [7, 11) is 2.43. The van der Waals surface area contributed by atoms with Crippen molar-refractivity contribution in [3.05, 3.63) is 42.5 Å². The van der Waals surface area contributed by atoms with E-state index < -0.39 is 10.0 Å². The number of hydrogen-bond acceptors (Lipinski definition) is 8. The van der Waals surface area contributed by atoms with Gasteiger partial charge in [0.2, 0.25) is 21.1 Å². The molecule has 170 valence electrons. The van der Waals surface area contributed by atoms with Crippen molar-refractivity contribution in [3.63, 3.8) is 0 Å². The van der Waals surface area contributed by atoms with Crippen LogP contribution in [0.5, 0.6) is 11.5 Å². The predicted molar refractivity (Wildman–Crippen MR) is 122 cm³/mol. The fraction of sp³-hybridized carbons (Fsp3) is 0.250. The van der Waals surface area contributed by atoms with Crippen LogP contribution in [0.2, 0.25) is 0 Å². The summed E-state index contributed by atoms with van der Waals surface area (Å²) in [6.45, 7) is 0. The number of amides is 1. The van der Waals surface area contributed by atoms with E-state index in [2.05, 4.69) is 20.5 Å². The van der Waals surface area contributed by atoms with Crippen LogP contribution in [0.4, 0.5) is 5.69 Å². The van der Waals surface area contributed by atoms with Crippen LogP contribution in [0, 0.1) is 0 Å². The minimum Gasteiger partial charge on any atom is -0.497 e. The van der Waals surface area contributed by atoms with E-state index >= 15 is 0 Å². The van der Waals surface area contributed by atoms with Gasteiger partial charge in [0.05, 0.1) is 30.4 Å². The Balaban J connectivity index is 1.64. The van der Waals surface area contributed by atoms with E-state index in [1.807, 2.05) is 0 Å². The van der Waals surface area contributed by atoms with Gasteiger partial charge in [-0.15, -0.1) is 5.10 Å². The number of methoxy groups -OCH3 is 2. The fourth-order valence-corrected chi connectivity index (χ4v) is 4.24. The standard InChI is InChI=1S/C20H23N5O5S2/c1-25(2)32(27,28)15-7-5-6-13(10-15)21-18(26)12-31-20-22-19(23-24-20)16-9-8-14(29-3)11-17(16)30-4/h5-11H,12H2,1-4H3,(H,21,26)(H,22,23,24). The van der Waals surface area contributed by atoms with Crippen molar-refractivity contribution < 1.29 is 22.7 Å². The predicted octanol–water partition coefficient (Wildman–Crippen LogP) is 2.47. The highest BCUT2D eigenvalue weighted by Gasteiger charge is 2.18. The van der Waals surface area contributed by atoms with Crippen molar-refractivity contribution in [2.45, 2.75) is 10.1 Å². The highest BCUT2D eigenvalue weighted by molar-refractivity contribution is 7.99. The molecular weight excluding hydrogens is 454 g/mol. The van der Waals surface area contributed by atoms with Crippen LogP contribution < -0.4 is 14.8 Å². The summed E-state index contributed by atoms with van der Waals surface area (Å²) in [4.78, 5) is 16.8. The van der Waals surface area contributed by atoms with E-state index in [0.717, 1.165) is 16.1 Å². The molecule has 3 aromatic rings. The number of aromatic amines is 1. The van der Waals surface area contributed by atoms with E-state index in [0.29, 0.717) is 33.7 Å². The Morgan fingerprint density at radius 1 is 1.16 bits per heavy atom. The van der Waals surface area contributed by atoms with Crippen molar-refractivity contribution in [2.75, 3.05) is 39.4 Å². The normalized spacial score (nSPS) is 11.4. The third-order valence-electron chi connectivity index (χ3n) is 4.36. The molecule has 0 saturated carbocycles. The first-order chi connectivity index (χ1) is 15.2. The molecule has 1 aromatic heterocycles. The molecule has 12 heteroatoms.